The third-order valence-electron chi connectivity index (χ3n) is 5.43. The summed E-state index contributed by atoms with van der Waals surface area (Å²) >= 11 is 0. The molecular formula is C21H28N4O. The number of rotatable bonds is 4. The second kappa shape index (κ2) is 8.04. The van der Waals surface area contributed by atoms with Crippen LogP contribution in [0.2, 0.25) is 0 Å². The highest BCUT2D eigenvalue weighted by molar-refractivity contribution is 5.46. The van der Waals surface area contributed by atoms with E-state index in [1.54, 1.807) is 0 Å². The van der Waals surface area contributed by atoms with Crippen molar-refractivity contribution in [3.8, 4) is 0 Å². The number of morpholine rings is 1. The summed E-state index contributed by atoms with van der Waals surface area (Å²) in [5, 5.41) is 0. The predicted molar refractivity (Wildman–Crippen MR) is 105 cm³/mol. The van der Waals surface area contributed by atoms with Crippen molar-refractivity contribution in [3.05, 3.63) is 47.7 Å². The Labute approximate surface area is 156 Å². The molecule has 138 valence electrons. The summed E-state index contributed by atoms with van der Waals surface area (Å²) in [6.07, 6.45) is 3.60. The lowest BCUT2D eigenvalue weighted by Gasteiger charge is -2.33. The molecule has 0 unspecified atom stereocenters. The number of hydrogen-bond donors (Lipinski definition) is 0. The summed E-state index contributed by atoms with van der Waals surface area (Å²) in [5.74, 6) is 2.70. The number of aromatic nitrogens is 2. The van der Waals surface area contributed by atoms with Crippen LogP contribution in [-0.4, -0.2) is 49.4 Å². The van der Waals surface area contributed by atoms with E-state index in [-0.39, 0.29) is 0 Å². The Balaban J connectivity index is 1.40. The van der Waals surface area contributed by atoms with E-state index in [2.05, 4.69) is 53.1 Å². The topological polar surface area (TPSA) is 41.5 Å². The maximum Gasteiger partial charge on any atom is 0.227 e. The molecule has 0 atom stereocenters. The number of benzene rings is 1. The number of ether oxygens (including phenoxy) is 1. The Hall–Kier alpha value is -2.14. The van der Waals surface area contributed by atoms with Crippen LogP contribution >= 0.6 is 0 Å². The van der Waals surface area contributed by atoms with Crippen molar-refractivity contribution in [2.75, 3.05) is 49.2 Å². The molecular weight excluding hydrogens is 324 g/mol. The van der Waals surface area contributed by atoms with Gasteiger partial charge in [-0.05, 0) is 37.7 Å². The molecule has 2 fully saturated rings. The molecule has 26 heavy (non-hydrogen) atoms. The van der Waals surface area contributed by atoms with Crippen molar-refractivity contribution < 1.29 is 4.74 Å². The van der Waals surface area contributed by atoms with Crippen LogP contribution in [0.1, 0.15) is 24.1 Å². The van der Waals surface area contributed by atoms with Gasteiger partial charge in [-0.2, -0.15) is 4.98 Å². The zero-order chi connectivity index (χ0) is 17.8. The van der Waals surface area contributed by atoms with E-state index in [4.69, 9.17) is 14.7 Å². The molecule has 2 aromatic rings. The summed E-state index contributed by atoms with van der Waals surface area (Å²) in [5.41, 5.74) is 2.50. The van der Waals surface area contributed by atoms with Gasteiger partial charge in [0.25, 0.3) is 0 Å². The van der Waals surface area contributed by atoms with Gasteiger partial charge in [0.2, 0.25) is 5.95 Å². The predicted octanol–water partition coefficient (Wildman–Crippen LogP) is 3.08. The van der Waals surface area contributed by atoms with E-state index >= 15 is 0 Å². The molecule has 0 bridgehead atoms. The van der Waals surface area contributed by atoms with Crippen molar-refractivity contribution in [2.45, 2.75) is 26.2 Å². The average molecular weight is 352 g/mol. The van der Waals surface area contributed by atoms with Crippen LogP contribution in [0.5, 0.6) is 0 Å². The maximum atomic E-state index is 5.46. The Morgan fingerprint density at radius 2 is 1.69 bits per heavy atom. The number of nitrogens with zero attached hydrogens (tertiary/aromatic N) is 4. The van der Waals surface area contributed by atoms with Crippen LogP contribution in [0, 0.1) is 12.8 Å². The molecule has 5 nitrogen and oxygen atoms in total. The molecule has 1 aromatic heterocycles. The first-order valence-electron chi connectivity index (χ1n) is 9.75. The van der Waals surface area contributed by atoms with Crippen LogP contribution in [0.15, 0.2) is 36.4 Å². The molecule has 2 aliphatic rings. The highest BCUT2D eigenvalue weighted by Crippen LogP contribution is 2.25. The van der Waals surface area contributed by atoms with Gasteiger partial charge in [-0.3, -0.25) is 0 Å². The third-order valence-corrected chi connectivity index (χ3v) is 5.43. The number of aryl methyl sites for hydroxylation is 1. The summed E-state index contributed by atoms with van der Waals surface area (Å²) in [4.78, 5) is 14.3. The van der Waals surface area contributed by atoms with Crippen LogP contribution in [0.4, 0.5) is 11.8 Å². The fraction of sp³-hybridized carbons (Fsp3) is 0.524. The summed E-state index contributed by atoms with van der Waals surface area (Å²) < 4.78 is 5.46. The molecule has 2 aliphatic heterocycles. The molecule has 1 aromatic carbocycles. The highest BCUT2D eigenvalue weighted by Gasteiger charge is 2.23. The number of piperidine rings is 1. The quantitative estimate of drug-likeness (QED) is 0.846. The van der Waals surface area contributed by atoms with Gasteiger partial charge < -0.3 is 14.5 Å². The molecule has 5 heteroatoms. The monoisotopic (exact) mass is 352 g/mol. The van der Waals surface area contributed by atoms with E-state index in [9.17, 15) is 0 Å². The minimum Gasteiger partial charge on any atom is -0.378 e. The minimum atomic E-state index is 0.761. The number of hydrogen-bond acceptors (Lipinski definition) is 5. The van der Waals surface area contributed by atoms with Gasteiger partial charge in [0, 0.05) is 37.9 Å². The standard InChI is InChI=1S/C21H28N4O/c1-17-15-20(24-11-13-26-14-12-24)23-21(22-17)25-9-7-19(8-10-25)16-18-5-3-2-4-6-18/h2-6,15,19H,7-14,16H2,1H3. The average Bonchev–Trinajstić information content (AvgIpc) is 2.70. The molecule has 0 spiro atoms. The first-order chi connectivity index (χ1) is 12.8. The Morgan fingerprint density at radius 3 is 2.42 bits per heavy atom. The first-order valence-corrected chi connectivity index (χ1v) is 9.75. The number of anilines is 2. The van der Waals surface area contributed by atoms with Crippen LogP contribution in [0.3, 0.4) is 0 Å². The van der Waals surface area contributed by atoms with Gasteiger partial charge in [0.1, 0.15) is 5.82 Å². The lowest BCUT2D eigenvalue weighted by atomic mass is 9.90. The van der Waals surface area contributed by atoms with Gasteiger partial charge in [-0.15, -0.1) is 0 Å². The molecule has 0 radical (unpaired) electrons. The lowest BCUT2D eigenvalue weighted by molar-refractivity contribution is 0.122. The van der Waals surface area contributed by atoms with Crippen molar-refractivity contribution in [2.24, 2.45) is 5.92 Å². The Bertz CT molecular complexity index is 707. The van der Waals surface area contributed by atoms with Crippen LogP contribution in [-0.2, 0) is 11.2 Å². The van der Waals surface area contributed by atoms with Crippen molar-refractivity contribution >= 4 is 11.8 Å². The first kappa shape index (κ1) is 17.3. The van der Waals surface area contributed by atoms with E-state index in [0.29, 0.717) is 0 Å². The van der Waals surface area contributed by atoms with Crippen LogP contribution < -0.4 is 9.80 Å². The summed E-state index contributed by atoms with van der Waals surface area (Å²) in [6, 6.07) is 12.9. The van der Waals surface area contributed by atoms with Gasteiger partial charge in [-0.1, -0.05) is 30.3 Å². The van der Waals surface area contributed by atoms with Gasteiger partial charge >= 0.3 is 0 Å². The van der Waals surface area contributed by atoms with Crippen molar-refractivity contribution in [1.82, 2.24) is 9.97 Å². The second-order valence-electron chi connectivity index (χ2n) is 7.39. The molecule has 0 N–H and O–H groups in total. The Morgan fingerprint density at radius 1 is 0.962 bits per heavy atom. The molecule has 3 heterocycles. The normalized spacial score (nSPS) is 19.0. The van der Waals surface area contributed by atoms with Gasteiger partial charge in [0.05, 0.1) is 13.2 Å². The van der Waals surface area contributed by atoms with E-state index < -0.39 is 0 Å². The lowest BCUT2D eigenvalue weighted by Crippen LogP contribution is -2.38. The fourth-order valence-corrected chi connectivity index (χ4v) is 3.92. The smallest absolute Gasteiger partial charge is 0.227 e. The SMILES string of the molecule is Cc1cc(N2CCOCC2)nc(N2CCC(Cc3ccccc3)CC2)n1. The van der Waals surface area contributed by atoms with Gasteiger partial charge in [-0.25, -0.2) is 4.98 Å². The Kier molecular flexibility index (Phi) is 5.34. The molecule has 0 saturated carbocycles. The molecule has 0 amide bonds. The summed E-state index contributed by atoms with van der Waals surface area (Å²) in [6.45, 7) is 7.54. The zero-order valence-corrected chi connectivity index (χ0v) is 15.6. The van der Waals surface area contributed by atoms with E-state index in [0.717, 1.165) is 62.8 Å². The molecule has 4 rings (SSSR count). The van der Waals surface area contributed by atoms with E-state index in [1.807, 2.05) is 0 Å². The molecule has 0 aliphatic carbocycles. The highest BCUT2D eigenvalue weighted by atomic mass is 16.5. The second-order valence-corrected chi connectivity index (χ2v) is 7.39. The maximum absolute atomic E-state index is 5.46. The zero-order valence-electron chi connectivity index (χ0n) is 15.6. The van der Waals surface area contributed by atoms with Crippen molar-refractivity contribution in [1.29, 1.82) is 0 Å². The van der Waals surface area contributed by atoms with Crippen LogP contribution in [0.25, 0.3) is 0 Å². The minimum absolute atomic E-state index is 0.761. The van der Waals surface area contributed by atoms with Gasteiger partial charge in [0.15, 0.2) is 0 Å². The van der Waals surface area contributed by atoms with Crippen molar-refractivity contribution in [3.63, 3.8) is 0 Å². The van der Waals surface area contributed by atoms with E-state index in [1.165, 1.54) is 24.8 Å². The largest absolute Gasteiger partial charge is 0.378 e. The fourth-order valence-electron chi connectivity index (χ4n) is 3.92. The third kappa shape index (κ3) is 4.15. The summed E-state index contributed by atoms with van der Waals surface area (Å²) in [7, 11) is 0. The molecule has 2 saturated heterocycles.